The second kappa shape index (κ2) is 44.7. The number of hydrogen-bond donors (Lipinski definition) is 0. The van der Waals surface area contributed by atoms with Gasteiger partial charge in [-0.1, -0.05) is 245 Å². The van der Waals surface area contributed by atoms with Crippen LogP contribution in [0, 0.1) is 0 Å². The average Bonchev–Trinajstić information content (AvgIpc) is 3.94. The Balaban J connectivity index is 0.803. The monoisotopic (exact) mass is 988 g/mol. The fourth-order valence-electron chi connectivity index (χ4n) is 10.8. The van der Waals surface area contributed by atoms with Crippen LogP contribution in [-0.2, 0) is 9.47 Å². The lowest BCUT2D eigenvalue weighted by Gasteiger charge is -2.27. The Labute approximate surface area is 440 Å². The second-order valence-corrected chi connectivity index (χ2v) is 24.9. The van der Waals surface area contributed by atoms with Crippen molar-refractivity contribution in [2.45, 2.75) is 263 Å². The first-order valence-corrected chi connectivity index (χ1v) is 32.6. The molecule has 4 rings (SSSR count). The SMILES string of the molecule is C(=C\CCCCCCCCCC/C=C/CCCCCCCCCCC1OCCO1)/CCCCCCCCCC/C=C/CCCCCCCCCCC[P+](c1ccccc1)(c1ccccc1)c1ccccc1. The molecule has 71 heavy (non-hydrogen) atoms. The Bertz CT molecular complexity index is 1560. The maximum atomic E-state index is 5.52. The van der Waals surface area contributed by atoms with Crippen molar-refractivity contribution in [2.75, 3.05) is 19.4 Å². The summed E-state index contributed by atoms with van der Waals surface area (Å²) in [6, 6.07) is 34.2. The molecule has 1 fully saturated rings. The van der Waals surface area contributed by atoms with Crippen LogP contribution in [0.25, 0.3) is 0 Å². The van der Waals surface area contributed by atoms with Gasteiger partial charge in [0.2, 0.25) is 0 Å². The maximum absolute atomic E-state index is 5.52. The largest absolute Gasteiger partial charge is 0.350 e. The van der Waals surface area contributed by atoms with Gasteiger partial charge in [0.1, 0.15) is 23.2 Å². The Morgan fingerprint density at radius 2 is 0.507 bits per heavy atom. The van der Waals surface area contributed by atoms with Crippen LogP contribution >= 0.6 is 7.26 Å². The molecule has 1 aliphatic heterocycles. The smallest absolute Gasteiger partial charge is 0.157 e. The number of benzene rings is 3. The van der Waals surface area contributed by atoms with E-state index in [2.05, 4.69) is 127 Å². The first-order valence-electron chi connectivity index (χ1n) is 30.6. The number of ether oxygens (including phenoxy) is 2. The van der Waals surface area contributed by atoms with Crippen LogP contribution < -0.4 is 15.9 Å². The van der Waals surface area contributed by atoms with E-state index in [4.69, 9.17) is 9.47 Å². The highest BCUT2D eigenvalue weighted by Gasteiger charge is 2.44. The van der Waals surface area contributed by atoms with Crippen molar-refractivity contribution >= 4 is 23.2 Å². The third-order valence-corrected chi connectivity index (χ3v) is 19.7. The van der Waals surface area contributed by atoms with Gasteiger partial charge in [-0.3, -0.25) is 0 Å². The summed E-state index contributed by atoms with van der Waals surface area (Å²) in [6.45, 7) is 1.57. The molecule has 0 radical (unpaired) electrons. The summed E-state index contributed by atoms with van der Waals surface area (Å²) < 4.78 is 11.0. The lowest BCUT2D eigenvalue weighted by Crippen LogP contribution is -2.33. The number of unbranched alkanes of at least 4 members (excludes halogenated alkanes) is 35. The highest BCUT2D eigenvalue weighted by atomic mass is 31.2. The number of rotatable bonds is 48. The third kappa shape index (κ3) is 30.3. The van der Waals surface area contributed by atoms with Gasteiger partial charge in [0.25, 0.3) is 0 Å². The molecular weight excluding hydrogens is 880 g/mol. The van der Waals surface area contributed by atoms with Crippen molar-refractivity contribution < 1.29 is 9.47 Å². The van der Waals surface area contributed by atoms with Gasteiger partial charge in [-0.25, -0.2) is 0 Å². The zero-order valence-corrected chi connectivity index (χ0v) is 46.8. The van der Waals surface area contributed by atoms with Crippen LogP contribution in [0.3, 0.4) is 0 Å². The van der Waals surface area contributed by atoms with Crippen molar-refractivity contribution in [1.82, 2.24) is 0 Å². The summed E-state index contributed by atoms with van der Waals surface area (Å²) >= 11 is 0. The molecule has 0 bridgehead atoms. The van der Waals surface area contributed by atoms with Gasteiger partial charge in [-0.2, -0.15) is 0 Å². The number of allylic oxidation sites excluding steroid dienone is 6. The Morgan fingerprint density at radius 1 is 0.282 bits per heavy atom. The molecule has 0 spiro atoms. The summed E-state index contributed by atoms with van der Waals surface area (Å²) in [4.78, 5) is 0. The molecule has 0 atom stereocenters. The molecule has 396 valence electrons. The van der Waals surface area contributed by atoms with Crippen LogP contribution in [-0.4, -0.2) is 25.7 Å². The zero-order valence-electron chi connectivity index (χ0n) is 45.9. The van der Waals surface area contributed by atoms with Crippen molar-refractivity contribution in [2.24, 2.45) is 0 Å². The predicted molar refractivity (Wildman–Crippen MR) is 318 cm³/mol. The van der Waals surface area contributed by atoms with E-state index in [1.54, 1.807) is 0 Å². The molecule has 3 aromatic carbocycles. The van der Waals surface area contributed by atoms with E-state index in [1.165, 1.54) is 272 Å². The first-order chi connectivity index (χ1) is 35.4. The van der Waals surface area contributed by atoms with Crippen molar-refractivity contribution in [3.8, 4) is 0 Å². The molecule has 1 heterocycles. The molecular formula is C68H108O2P+. The summed E-state index contributed by atoms with van der Waals surface area (Å²) in [5.74, 6) is 0. The topological polar surface area (TPSA) is 18.5 Å². The minimum absolute atomic E-state index is 0.0962. The Hall–Kier alpha value is -2.77. The van der Waals surface area contributed by atoms with E-state index < -0.39 is 7.26 Å². The van der Waals surface area contributed by atoms with E-state index >= 15 is 0 Å². The van der Waals surface area contributed by atoms with Gasteiger partial charge in [-0.05, 0) is 139 Å². The van der Waals surface area contributed by atoms with E-state index in [9.17, 15) is 0 Å². The minimum atomic E-state index is -1.67. The average molecular weight is 989 g/mol. The van der Waals surface area contributed by atoms with Crippen molar-refractivity contribution in [3.05, 3.63) is 127 Å². The normalized spacial score (nSPS) is 13.5. The summed E-state index contributed by atoms with van der Waals surface area (Å²) in [5, 5.41) is 4.56. The highest BCUT2D eigenvalue weighted by molar-refractivity contribution is 7.95. The van der Waals surface area contributed by atoms with Crippen LogP contribution in [0.15, 0.2) is 127 Å². The molecule has 0 aromatic heterocycles. The van der Waals surface area contributed by atoms with E-state index in [1.807, 2.05) is 0 Å². The quantitative estimate of drug-likeness (QED) is 0.0319. The molecule has 0 unspecified atom stereocenters. The van der Waals surface area contributed by atoms with Crippen LogP contribution in [0.5, 0.6) is 0 Å². The molecule has 2 nitrogen and oxygen atoms in total. The van der Waals surface area contributed by atoms with E-state index in [0.29, 0.717) is 0 Å². The fraction of sp³-hybridized carbons (Fsp3) is 0.647. The van der Waals surface area contributed by atoms with Crippen LogP contribution in [0.1, 0.15) is 257 Å². The molecule has 1 aliphatic rings. The van der Waals surface area contributed by atoms with Gasteiger partial charge < -0.3 is 9.47 Å². The standard InChI is InChI=1S/C68H108O2P/c1(2-4-6-8-10-12-14-16-18-20-22-24-26-28-30-32-34-36-38-40-42-53-61-68-69-62-63-70-68)3-5-7-9-11-13-15-17-19-21-23-25-27-29-31-33-35-37-39-41-43-54-64-71(65-55-47-44-48-56-65,66-57-49-45-50-58-66)67-59-51-46-52-60-67/h1-2,23-26,44-52,55-60,68H,3-22,27-43,53-54,61-64H2/q+1/b2-1+,25-23+,26-24+. The van der Waals surface area contributed by atoms with Gasteiger partial charge in [0.15, 0.2) is 6.29 Å². The van der Waals surface area contributed by atoms with Gasteiger partial charge >= 0.3 is 0 Å². The lowest BCUT2D eigenvalue weighted by molar-refractivity contribution is -0.0480. The molecule has 0 saturated carbocycles. The number of hydrogen-bond acceptors (Lipinski definition) is 2. The second-order valence-electron chi connectivity index (χ2n) is 21.3. The maximum Gasteiger partial charge on any atom is 0.157 e. The van der Waals surface area contributed by atoms with E-state index in [0.717, 1.165) is 19.6 Å². The molecule has 0 aliphatic carbocycles. The molecule has 1 saturated heterocycles. The van der Waals surface area contributed by atoms with E-state index in [-0.39, 0.29) is 6.29 Å². The summed E-state index contributed by atoms with van der Waals surface area (Å²) in [6.07, 6.45) is 71.0. The lowest BCUT2D eigenvalue weighted by atomic mass is 10.0. The fourth-order valence-corrected chi connectivity index (χ4v) is 15.2. The summed E-state index contributed by atoms with van der Waals surface area (Å²) in [5.41, 5.74) is 0. The van der Waals surface area contributed by atoms with Crippen LogP contribution in [0.2, 0.25) is 0 Å². The van der Waals surface area contributed by atoms with Gasteiger partial charge in [0.05, 0.1) is 19.4 Å². The van der Waals surface area contributed by atoms with Gasteiger partial charge in [-0.15, -0.1) is 0 Å². The first kappa shape index (κ1) is 60.8. The molecule has 3 heteroatoms. The Kier molecular flexibility index (Phi) is 38.3. The highest BCUT2D eigenvalue weighted by Crippen LogP contribution is 2.56. The summed E-state index contributed by atoms with van der Waals surface area (Å²) in [7, 11) is -1.67. The molecule has 3 aromatic rings. The minimum Gasteiger partial charge on any atom is -0.350 e. The zero-order chi connectivity index (χ0) is 49.5. The van der Waals surface area contributed by atoms with Gasteiger partial charge in [0, 0.05) is 0 Å². The molecule has 0 N–H and O–H groups in total. The predicted octanol–water partition coefficient (Wildman–Crippen LogP) is 20.6. The van der Waals surface area contributed by atoms with Crippen molar-refractivity contribution in [1.29, 1.82) is 0 Å². The van der Waals surface area contributed by atoms with Crippen molar-refractivity contribution in [3.63, 3.8) is 0 Å². The Morgan fingerprint density at radius 3 is 0.775 bits per heavy atom. The third-order valence-electron chi connectivity index (χ3n) is 15.2. The van der Waals surface area contributed by atoms with Crippen LogP contribution in [0.4, 0.5) is 0 Å². The molecule has 0 amide bonds.